The van der Waals surface area contributed by atoms with Crippen LogP contribution in [-0.2, 0) is 80.9 Å². The number of nitrogens with zero attached hydrogens (tertiary/aromatic N) is 3. The number of esters is 7. The molecule has 2 heterocycles. The van der Waals surface area contributed by atoms with Gasteiger partial charge >= 0.3 is 41.8 Å². The van der Waals surface area contributed by atoms with Gasteiger partial charge in [0.15, 0.2) is 24.6 Å². The molecule has 46 heavy (non-hydrogen) atoms. The molecular weight excluding hydrogens is 626 g/mol. The lowest BCUT2D eigenvalue weighted by Crippen LogP contribution is -2.66. The summed E-state index contributed by atoms with van der Waals surface area (Å²) in [6.07, 6.45) is -14.5. The highest BCUT2D eigenvalue weighted by Gasteiger charge is 2.57. The third-order valence-electron chi connectivity index (χ3n) is 6.07. The van der Waals surface area contributed by atoms with Crippen LogP contribution in [0.2, 0.25) is 0 Å². The summed E-state index contributed by atoms with van der Waals surface area (Å²) in [4.78, 5) is 86.6. The molecule has 0 aromatic carbocycles. The molecule has 0 bridgehead atoms. The first kappa shape index (κ1) is 37.7. The molecule has 0 aromatic rings. The van der Waals surface area contributed by atoms with Gasteiger partial charge < -0.3 is 47.4 Å². The third-order valence-corrected chi connectivity index (χ3v) is 6.07. The van der Waals surface area contributed by atoms with E-state index in [9.17, 15) is 39.1 Å². The molecule has 2 aliphatic heterocycles. The Balaban J connectivity index is 2.72. The van der Waals surface area contributed by atoms with Gasteiger partial charge in [0.1, 0.15) is 43.7 Å². The molecule has 0 N–H and O–H groups in total. The number of azide groups is 1. The van der Waals surface area contributed by atoms with E-state index in [0.29, 0.717) is 0 Å². The minimum absolute atomic E-state index is 0.584. The van der Waals surface area contributed by atoms with Crippen molar-refractivity contribution in [1.82, 2.24) is 0 Å². The average Bonchev–Trinajstić information content (AvgIpc) is 2.91. The number of rotatable bonds is 12. The fraction of sp³-hybridized carbons (Fsp3) is 0.731. The molecule has 1 unspecified atom stereocenters. The summed E-state index contributed by atoms with van der Waals surface area (Å²) in [5.41, 5.74) is 9.27. The van der Waals surface area contributed by atoms with Crippen molar-refractivity contribution in [3.8, 4) is 0 Å². The van der Waals surface area contributed by atoms with Crippen LogP contribution in [-0.4, -0.2) is 116 Å². The van der Waals surface area contributed by atoms with Crippen molar-refractivity contribution in [3.63, 3.8) is 0 Å². The lowest BCUT2D eigenvalue weighted by atomic mass is 9.95. The molecule has 2 aliphatic rings. The molecule has 20 nitrogen and oxygen atoms in total. The SMILES string of the molecule is CC(=O)OC[C@H]1O[C@@H](O[C@H]2[C@H](OC(C)=O)[C@@H](N=[N+]=[N-])C(OC(C)=O)O[C@@H]2COC(C)=O)[C@H](OC(C)=O)[C@@H](OC(C)=O)[C@H]1OC(C)=O. The first-order chi connectivity index (χ1) is 21.5. The zero-order valence-electron chi connectivity index (χ0n) is 26.0. The quantitative estimate of drug-likeness (QED) is 0.0870. The van der Waals surface area contributed by atoms with Gasteiger partial charge in [0.2, 0.25) is 6.29 Å². The molecular formula is C26H35N3O17. The summed E-state index contributed by atoms with van der Waals surface area (Å²) >= 11 is 0. The molecule has 10 atom stereocenters. The molecule has 0 aliphatic carbocycles. The maximum atomic E-state index is 12.2. The van der Waals surface area contributed by atoms with Crippen LogP contribution in [0.5, 0.6) is 0 Å². The first-order valence-corrected chi connectivity index (χ1v) is 13.7. The maximum Gasteiger partial charge on any atom is 0.304 e. The minimum Gasteiger partial charge on any atom is -0.463 e. The standard InChI is InChI=1S/C26H35N3O17/c1-10(30)37-8-17-20(22(40-13(4)33)19(28-29-27)25(44-17)43-16(7)36)46-26-24(42-15(6)35)23(41-14(5)34)21(39-12(3)32)18(45-26)9-38-11(2)31/h17-26H,8-9H2,1-7H3/t17-,18-,19-,20-,21+,22-,23+,24-,25?,26+/m1/s1. The van der Waals surface area contributed by atoms with Crippen molar-refractivity contribution in [1.29, 1.82) is 0 Å². The lowest BCUT2D eigenvalue weighted by Gasteiger charge is -2.48. The van der Waals surface area contributed by atoms with Crippen molar-refractivity contribution >= 4 is 41.8 Å². The van der Waals surface area contributed by atoms with Crippen LogP contribution in [0.4, 0.5) is 0 Å². The van der Waals surface area contributed by atoms with Gasteiger partial charge in [0.25, 0.3) is 0 Å². The van der Waals surface area contributed by atoms with Crippen molar-refractivity contribution < 1.29 is 80.9 Å². The van der Waals surface area contributed by atoms with Crippen LogP contribution in [0.3, 0.4) is 0 Å². The van der Waals surface area contributed by atoms with Gasteiger partial charge in [-0.1, -0.05) is 5.11 Å². The number of hydrogen-bond donors (Lipinski definition) is 0. The summed E-state index contributed by atoms with van der Waals surface area (Å²) in [7, 11) is 0. The maximum absolute atomic E-state index is 12.2. The number of carbonyl (C=O) groups is 7. The van der Waals surface area contributed by atoms with Gasteiger partial charge in [-0.15, -0.1) is 0 Å². The minimum atomic E-state index is -1.82. The van der Waals surface area contributed by atoms with Crippen LogP contribution >= 0.6 is 0 Å². The monoisotopic (exact) mass is 661 g/mol. The van der Waals surface area contributed by atoms with Gasteiger partial charge in [-0.3, -0.25) is 33.6 Å². The Morgan fingerprint density at radius 3 is 1.41 bits per heavy atom. The topological polar surface area (TPSA) is 261 Å². The fourth-order valence-corrected chi connectivity index (χ4v) is 4.61. The molecule has 0 radical (unpaired) electrons. The molecule has 2 saturated heterocycles. The fourth-order valence-electron chi connectivity index (χ4n) is 4.61. The van der Waals surface area contributed by atoms with E-state index in [4.69, 9.17) is 47.4 Å². The highest BCUT2D eigenvalue weighted by atomic mass is 16.8. The molecule has 2 rings (SSSR count). The van der Waals surface area contributed by atoms with Gasteiger partial charge in [0, 0.05) is 53.4 Å². The van der Waals surface area contributed by atoms with Crippen LogP contribution < -0.4 is 0 Å². The molecule has 0 aromatic heterocycles. The predicted molar refractivity (Wildman–Crippen MR) is 142 cm³/mol. The summed E-state index contributed by atoms with van der Waals surface area (Å²) in [5.74, 6) is -6.06. The number of ether oxygens (including phenoxy) is 10. The number of hydrogen-bond acceptors (Lipinski definition) is 18. The normalized spacial score (nSPS) is 30.3. The molecule has 0 spiro atoms. The Hall–Kier alpha value is -4.52. The highest BCUT2D eigenvalue weighted by molar-refractivity contribution is 5.69. The van der Waals surface area contributed by atoms with E-state index in [2.05, 4.69) is 10.0 Å². The van der Waals surface area contributed by atoms with E-state index in [1.165, 1.54) is 0 Å². The van der Waals surface area contributed by atoms with E-state index in [-0.39, 0.29) is 0 Å². The van der Waals surface area contributed by atoms with Gasteiger partial charge in [0.05, 0.1) is 0 Å². The summed E-state index contributed by atoms with van der Waals surface area (Å²) in [6.45, 7) is 6.06. The van der Waals surface area contributed by atoms with E-state index in [0.717, 1.165) is 48.5 Å². The average molecular weight is 662 g/mol. The van der Waals surface area contributed by atoms with Crippen molar-refractivity contribution in [3.05, 3.63) is 10.4 Å². The third kappa shape index (κ3) is 11.1. The largest absolute Gasteiger partial charge is 0.463 e. The summed E-state index contributed by atoms with van der Waals surface area (Å²) in [5, 5.41) is 3.56. The van der Waals surface area contributed by atoms with Crippen LogP contribution in [0, 0.1) is 0 Å². The first-order valence-electron chi connectivity index (χ1n) is 13.7. The van der Waals surface area contributed by atoms with Crippen LogP contribution in [0.1, 0.15) is 48.5 Å². The lowest BCUT2D eigenvalue weighted by molar-refractivity contribution is -0.347. The molecule has 0 amide bonds. The smallest absolute Gasteiger partial charge is 0.304 e. The Morgan fingerprint density at radius 1 is 0.543 bits per heavy atom. The zero-order valence-corrected chi connectivity index (χ0v) is 26.0. The second-order valence-corrected chi connectivity index (χ2v) is 9.89. The summed E-state index contributed by atoms with van der Waals surface area (Å²) in [6, 6.07) is -1.60. The highest BCUT2D eigenvalue weighted by Crippen LogP contribution is 2.35. The Labute approximate surface area is 261 Å². The zero-order chi connectivity index (χ0) is 34.7. The van der Waals surface area contributed by atoms with Crippen molar-refractivity contribution in [2.24, 2.45) is 5.11 Å². The van der Waals surface area contributed by atoms with E-state index in [1.807, 2.05) is 0 Å². The van der Waals surface area contributed by atoms with Gasteiger partial charge in [-0.2, -0.15) is 0 Å². The second kappa shape index (κ2) is 17.2. The van der Waals surface area contributed by atoms with Crippen LogP contribution in [0.25, 0.3) is 10.4 Å². The molecule has 256 valence electrons. The van der Waals surface area contributed by atoms with E-state index >= 15 is 0 Å². The van der Waals surface area contributed by atoms with Gasteiger partial charge in [-0.05, 0) is 5.53 Å². The molecule has 2 fully saturated rings. The van der Waals surface area contributed by atoms with Crippen LogP contribution in [0.15, 0.2) is 5.11 Å². The Bertz CT molecular complexity index is 1220. The predicted octanol–water partition coefficient (Wildman–Crippen LogP) is -0.0836. The molecule has 0 saturated carbocycles. The van der Waals surface area contributed by atoms with E-state index in [1.54, 1.807) is 0 Å². The number of carbonyl (C=O) groups excluding carboxylic acids is 7. The second-order valence-electron chi connectivity index (χ2n) is 9.89. The Kier molecular flexibility index (Phi) is 14.1. The van der Waals surface area contributed by atoms with Crippen molar-refractivity contribution in [2.45, 2.75) is 110 Å². The van der Waals surface area contributed by atoms with E-state index < -0.39 is 116 Å². The molecule has 20 heteroatoms. The Morgan fingerprint density at radius 2 is 0.957 bits per heavy atom. The van der Waals surface area contributed by atoms with Gasteiger partial charge in [-0.25, -0.2) is 0 Å². The summed E-state index contributed by atoms with van der Waals surface area (Å²) < 4.78 is 54.7. The van der Waals surface area contributed by atoms with Crippen molar-refractivity contribution in [2.75, 3.05) is 13.2 Å².